The molecule has 1 aliphatic heterocycles. The average molecular weight is 528 g/mol. The Labute approximate surface area is 213 Å². The fourth-order valence-electron chi connectivity index (χ4n) is 4.02. The van der Waals surface area contributed by atoms with Gasteiger partial charge in [-0.1, -0.05) is 18.2 Å². The highest BCUT2D eigenvalue weighted by atomic mass is 19.4. The van der Waals surface area contributed by atoms with E-state index in [9.17, 15) is 32.7 Å². The summed E-state index contributed by atoms with van der Waals surface area (Å²) in [4.78, 5) is 42.8. The van der Waals surface area contributed by atoms with Crippen molar-refractivity contribution in [1.29, 1.82) is 0 Å². The number of carboxylic acid groups (broad SMARTS) is 1. The van der Waals surface area contributed by atoms with Gasteiger partial charge in [0.25, 0.3) is 0 Å². The van der Waals surface area contributed by atoms with Crippen LogP contribution in [-0.4, -0.2) is 61.6 Å². The summed E-state index contributed by atoms with van der Waals surface area (Å²) in [6, 6.07) is 4.45. The molecule has 0 radical (unpaired) electrons. The van der Waals surface area contributed by atoms with Crippen LogP contribution >= 0.6 is 0 Å². The first-order chi connectivity index (χ1) is 17.1. The van der Waals surface area contributed by atoms with E-state index in [4.69, 9.17) is 14.2 Å². The normalized spacial score (nSPS) is 20.2. The van der Waals surface area contributed by atoms with E-state index >= 15 is 0 Å². The summed E-state index contributed by atoms with van der Waals surface area (Å²) in [6.45, 7) is 6.94. The van der Waals surface area contributed by atoms with Gasteiger partial charge >= 0.3 is 18.1 Å². The monoisotopic (exact) mass is 527 g/mol. The fraction of sp³-hybridized carbons (Fsp3) is 0.538. The summed E-state index contributed by atoms with van der Waals surface area (Å²) in [6.07, 6.45) is -6.66. The van der Waals surface area contributed by atoms with Gasteiger partial charge in [0.1, 0.15) is 5.92 Å². The summed E-state index contributed by atoms with van der Waals surface area (Å²) >= 11 is 0. The van der Waals surface area contributed by atoms with Crippen LogP contribution in [0.15, 0.2) is 40.5 Å². The van der Waals surface area contributed by atoms with Crippen molar-refractivity contribution in [2.24, 2.45) is 16.3 Å². The Hall–Kier alpha value is -3.05. The zero-order chi connectivity index (χ0) is 28.3. The van der Waals surface area contributed by atoms with Crippen LogP contribution < -0.4 is 0 Å². The van der Waals surface area contributed by atoms with E-state index in [1.807, 2.05) is 0 Å². The van der Waals surface area contributed by atoms with Gasteiger partial charge in [-0.25, -0.2) is 0 Å². The summed E-state index contributed by atoms with van der Waals surface area (Å²) in [5.41, 5.74) is -2.93. The highest BCUT2D eigenvalue weighted by Crippen LogP contribution is 2.46. The van der Waals surface area contributed by atoms with E-state index in [1.165, 1.54) is 40.2 Å². The molecule has 4 unspecified atom stereocenters. The molecule has 1 aliphatic rings. The predicted molar refractivity (Wildman–Crippen MR) is 128 cm³/mol. The topological polar surface area (TPSA) is 111 Å². The molecule has 0 fully saturated rings. The van der Waals surface area contributed by atoms with Crippen LogP contribution in [0.1, 0.15) is 51.7 Å². The minimum Gasteiger partial charge on any atom is -0.481 e. The van der Waals surface area contributed by atoms with E-state index in [2.05, 4.69) is 4.99 Å². The van der Waals surface area contributed by atoms with Crippen LogP contribution in [0.25, 0.3) is 0 Å². The van der Waals surface area contributed by atoms with Crippen LogP contribution in [0.4, 0.5) is 13.2 Å². The number of ether oxygens (including phenoxy) is 3. The number of carbonyl (C=O) groups is 3. The van der Waals surface area contributed by atoms with Gasteiger partial charge in [0.05, 0.1) is 34.6 Å². The van der Waals surface area contributed by atoms with Crippen LogP contribution in [0, 0.1) is 11.3 Å². The number of methoxy groups -OCH3 is 2. The number of aliphatic imine (C=N–C) groups is 1. The molecule has 1 N–H and O–H groups in total. The SMILES string of the molecule is COC(C)C1=NC(C(C)OC)=C(C(=O)COC(=O)C(C)(C)C)C(c2ccccc2C(F)(F)F)C1C(=O)O. The number of carboxylic acids is 1. The summed E-state index contributed by atoms with van der Waals surface area (Å²) in [7, 11) is 2.62. The second kappa shape index (κ2) is 11.6. The van der Waals surface area contributed by atoms with Crippen molar-refractivity contribution in [2.45, 2.75) is 58.9 Å². The fourth-order valence-corrected chi connectivity index (χ4v) is 4.02. The second-order valence-electron chi connectivity index (χ2n) is 9.72. The number of rotatable bonds is 9. The van der Waals surface area contributed by atoms with Crippen LogP contribution in [0.2, 0.25) is 0 Å². The first-order valence-corrected chi connectivity index (χ1v) is 11.5. The predicted octanol–water partition coefficient (Wildman–Crippen LogP) is 4.43. The third kappa shape index (κ3) is 6.64. The third-order valence-electron chi connectivity index (χ3n) is 6.11. The number of nitrogens with zero attached hydrogens (tertiary/aromatic N) is 1. The number of hydrogen-bond acceptors (Lipinski definition) is 7. The van der Waals surface area contributed by atoms with Crippen LogP contribution in [0.3, 0.4) is 0 Å². The van der Waals surface area contributed by atoms with Crippen LogP contribution in [-0.2, 0) is 34.8 Å². The molecule has 11 heteroatoms. The second-order valence-corrected chi connectivity index (χ2v) is 9.72. The number of halogens is 3. The highest BCUT2D eigenvalue weighted by molar-refractivity contribution is 6.11. The average Bonchev–Trinajstić information content (AvgIpc) is 2.83. The summed E-state index contributed by atoms with van der Waals surface area (Å²) in [5, 5.41) is 10.2. The molecule has 1 heterocycles. The quantitative estimate of drug-likeness (QED) is 0.473. The van der Waals surface area contributed by atoms with Crippen molar-refractivity contribution in [3.63, 3.8) is 0 Å². The number of benzene rings is 1. The Morgan fingerprint density at radius 1 is 1.03 bits per heavy atom. The van der Waals surface area contributed by atoms with Crippen LogP contribution in [0.5, 0.6) is 0 Å². The molecule has 0 saturated carbocycles. The lowest BCUT2D eigenvalue weighted by atomic mass is 9.71. The highest BCUT2D eigenvalue weighted by Gasteiger charge is 2.48. The largest absolute Gasteiger partial charge is 0.481 e. The first-order valence-electron chi connectivity index (χ1n) is 11.5. The van der Waals surface area contributed by atoms with Crippen molar-refractivity contribution in [3.05, 3.63) is 46.7 Å². The minimum atomic E-state index is -4.85. The number of hydrogen-bond donors (Lipinski definition) is 1. The number of carbonyl (C=O) groups excluding carboxylic acids is 2. The Kier molecular flexibility index (Phi) is 9.42. The Balaban J connectivity index is 2.90. The molecule has 8 nitrogen and oxygen atoms in total. The molecule has 0 bridgehead atoms. The molecule has 0 aliphatic carbocycles. The molecule has 2 rings (SSSR count). The Morgan fingerprint density at radius 2 is 1.59 bits per heavy atom. The van der Waals surface area contributed by atoms with Crippen molar-refractivity contribution in [2.75, 3.05) is 20.8 Å². The molecule has 4 atom stereocenters. The number of alkyl halides is 3. The molecule has 1 aromatic rings. The number of esters is 1. The van der Waals surface area contributed by atoms with E-state index in [1.54, 1.807) is 20.8 Å². The molecule has 204 valence electrons. The van der Waals surface area contributed by atoms with Gasteiger partial charge in [-0.05, 0) is 46.2 Å². The molecule has 1 aromatic carbocycles. The lowest BCUT2D eigenvalue weighted by Crippen LogP contribution is -2.43. The molecule has 0 saturated heterocycles. The molecule has 0 spiro atoms. The van der Waals surface area contributed by atoms with Gasteiger partial charge in [0.2, 0.25) is 0 Å². The summed E-state index contributed by atoms with van der Waals surface area (Å²) in [5.74, 6) is -6.38. The molecular weight excluding hydrogens is 495 g/mol. The maximum atomic E-state index is 14.1. The zero-order valence-corrected chi connectivity index (χ0v) is 21.8. The lowest BCUT2D eigenvalue weighted by Gasteiger charge is -2.36. The Morgan fingerprint density at radius 3 is 2.08 bits per heavy atom. The molecular formula is C26H32F3NO7. The van der Waals surface area contributed by atoms with Crippen molar-refractivity contribution < 1.29 is 46.9 Å². The molecule has 0 amide bonds. The third-order valence-corrected chi connectivity index (χ3v) is 6.11. The number of Topliss-reactive ketones (excluding diaryl/α,β-unsaturated/α-hetero) is 1. The van der Waals surface area contributed by atoms with Gasteiger partial charge < -0.3 is 19.3 Å². The van der Waals surface area contributed by atoms with Crippen molar-refractivity contribution in [1.82, 2.24) is 0 Å². The van der Waals surface area contributed by atoms with Gasteiger partial charge in [-0.15, -0.1) is 0 Å². The lowest BCUT2D eigenvalue weighted by molar-refractivity contribution is -0.155. The van der Waals surface area contributed by atoms with E-state index in [-0.39, 0.29) is 17.0 Å². The Bertz CT molecular complexity index is 1100. The number of ketones is 1. The van der Waals surface area contributed by atoms with E-state index in [0.29, 0.717) is 0 Å². The zero-order valence-electron chi connectivity index (χ0n) is 21.8. The first kappa shape index (κ1) is 30.2. The van der Waals surface area contributed by atoms with Gasteiger partial charge in [-0.3, -0.25) is 19.4 Å². The van der Waals surface area contributed by atoms with Crippen molar-refractivity contribution in [3.8, 4) is 0 Å². The number of aliphatic carboxylic acids is 1. The van der Waals surface area contributed by atoms with Crippen molar-refractivity contribution >= 4 is 23.4 Å². The standard InChI is InChI=1S/C26H32F3NO7/c1-13(35-6)21-19(17(31)12-37-24(34)25(3,4)5)18(15-10-8-9-11-16(15)26(27,28)29)20(23(32)33)22(30-21)14(2)36-7/h8-11,13-14,18,20H,12H2,1-7H3,(H,32,33). The molecule has 0 aromatic heterocycles. The van der Waals surface area contributed by atoms with Gasteiger partial charge in [0.15, 0.2) is 12.4 Å². The molecule has 37 heavy (non-hydrogen) atoms. The smallest absolute Gasteiger partial charge is 0.416 e. The minimum absolute atomic E-state index is 0.0577. The van der Waals surface area contributed by atoms with Gasteiger partial charge in [0, 0.05) is 25.7 Å². The maximum absolute atomic E-state index is 14.1. The van der Waals surface area contributed by atoms with E-state index < -0.39 is 71.1 Å². The summed E-state index contributed by atoms with van der Waals surface area (Å²) < 4.78 is 58.1. The van der Waals surface area contributed by atoms with E-state index in [0.717, 1.165) is 12.1 Å². The maximum Gasteiger partial charge on any atom is 0.416 e. The van der Waals surface area contributed by atoms with Gasteiger partial charge in [-0.2, -0.15) is 13.2 Å².